The monoisotopic (exact) mass is 441 g/mol. The van der Waals surface area contributed by atoms with Gasteiger partial charge < -0.3 is 9.80 Å². The molecule has 0 N–H and O–H groups in total. The molecule has 0 aliphatic carbocycles. The largest absolute Gasteiger partial charge is 0.353 e. The molecule has 0 atom stereocenters. The number of fused-ring (bicyclic) bond motifs is 2. The fourth-order valence-electron chi connectivity index (χ4n) is 4.25. The predicted octanol–water partition coefficient (Wildman–Crippen LogP) is 0.934. The van der Waals surface area contributed by atoms with Crippen LogP contribution in [0.25, 0.3) is 5.65 Å². The Morgan fingerprint density at radius 2 is 1.84 bits per heavy atom. The second-order valence-electron chi connectivity index (χ2n) is 7.78. The number of anilines is 2. The van der Waals surface area contributed by atoms with Crippen LogP contribution in [-0.4, -0.2) is 71.2 Å². The first kappa shape index (κ1) is 19.9. The molecule has 1 fully saturated rings. The van der Waals surface area contributed by atoms with Crippen molar-refractivity contribution in [1.29, 1.82) is 0 Å². The average Bonchev–Trinajstić information content (AvgIpc) is 3.26. The summed E-state index contributed by atoms with van der Waals surface area (Å²) in [6.45, 7) is 4.05. The van der Waals surface area contributed by atoms with E-state index in [1.165, 1.54) is 11.2 Å². The van der Waals surface area contributed by atoms with Gasteiger partial charge in [-0.25, -0.2) is 8.42 Å². The Kier molecular flexibility index (Phi) is 4.86. The lowest BCUT2D eigenvalue weighted by Gasteiger charge is -2.35. The molecule has 0 spiro atoms. The van der Waals surface area contributed by atoms with Crippen LogP contribution in [0.4, 0.5) is 11.5 Å². The number of sulfonamides is 1. The van der Waals surface area contributed by atoms with Crippen molar-refractivity contribution in [3.63, 3.8) is 0 Å². The average molecular weight is 442 g/mol. The summed E-state index contributed by atoms with van der Waals surface area (Å²) < 4.78 is 29.7. The van der Waals surface area contributed by atoms with Crippen molar-refractivity contribution in [2.24, 2.45) is 0 Å². The molecule has 11 heteroatoms. The van der Waals surface area contributed by atoms with Crippen molar-refractivity contribution in [3.05, 3.63) is 42.2 Å². The molecular formula is C20H23N7O3S. The quantitative estimate of drug-likeness (QED) is 0.596. The summed E-state index contributed by atoms with van der Waals surface area (Å²) in [5.41, 5.74) is 2.39. The topological polar surface area (TPSA) is 104 Å². The van der Waals surface area contributed by atoms with Crippen molar-refractivity contribution in [2.75, 3.05) is 42.5 Å². The number of aromatic nitrogens is 4. The van der Waals surface area contributed by atoms with Gasteiger partial charge >= 0.3 is 0 Å². The van der Waals surface area contributed by atoms with Crippen LogP contribution in [0.3, 0.4) is 0 Å². The normalized spacial score (nSPS) is 17.7. The lowest BCUT2D eigenvalue weighted by Crippen LogP contribution is -2.49. The van der Waals surface area contributed by atoms with Crippen LogP contribution < -0.4 is 9.80 Å². The van der Waals surface area contributed by atoms with Crippen molar-refractivity contribution in [2.45, 2.75) is 24.7 Å². The molecule has 0 unspecified atom stereocenters. The molecule has 2 aliphatic heterocycles. The molecule has 0 saturated carbocycles. The maximum atomic E-state index is 13.3. The van der Waals surface area contributed by atoms with Crippen molar-refractivity contribution >= 4 is 33.1 Å². The fourth-order valence-corrected chi connectivity index (χ4v) is 5.73. The molecule has 1 saturated heterocycles. The summed E-state index contributed by atoms with van der Waals surface area (Å²) in [6, 6.07) is 8.82. The number of hydrogen-bond donors (Lipinski definition) is 0. The molecule has 3 aromatic rings. The molecule has 5 rings (SSSR count). The fraction of sp³-hybridized carbons (Fsp3) is 0.400. The Morgan fingerprint density at radius 1 is 1.03 bits per heavy atom. The lowest BCUT2D eigenvalue weighted by molar-refractivity contribution is -0.116. The minimum atomic E-state index is -3.61. The number of benzene rings is 1. The van der Waals surface area contributed by atoms with E-state index in [4.69, 9.17) is 0 Å². The van der Waals surface area contributed by atoms with Crippen LogP contribution in [0.15, 0.2) is 41.6 Å². The van der Waals surface area contributed by atoms with E-state index < -0.39 is 10.0 Å². The van der Waals surface area contributed by atoms with Crippen LogP contribution in [0, 0.1) is 0 Å². The van der Waals surface area contributed by atoms with E-state index in [0.29, 0.717) is 38.4 Å². The number of rotatable bonds is 3. The highest BCUT2D eigenvalue weighted by Crippen LogP contribution is 2.31. The van der Waals surface area contributed by atoms with Crippen LogP contribution in [0.2, 0.25) is 0 Å². The van der Waals surface area contributed by atoms with Crippen LogP contribution in [0.1, 0.15) is 18.9 Å². The summed E-state index contributed by atoms with van der Waals surface area (Å²) in [7, 11) is -3.61. The van der Waals surface area contributed by atoms with E-state index in [-0.39, 0.29) is 10.8 Å². The molecule has 1 aromatic carbocycles. The molecular weight excluding hydrogens is 418 g/mol. The summed E-state index contributed by atoms with van der Waals surface area (Å²) in [6.07, 6.45) is 3.15. The van der Waals surface area contributed by atoms with Crippen LogP contribution in [0.5, 0.6) is 0 Å². The molecule has 2 aromatic heterocycles. The van der Waals surface area contributed by atoms with Gasteiger partial charge in [0.2, 0.25) is 15.9 Å². The molecule has 4 heterocycles. The van der Waals surface area contributed by atoms with E-state index in [9.17, 15) is 13.2 Å². The first-order valence-electron chi connectivity index (χ1n) is 10.3. The third-order valence-corrected chi connectivity index (χ3v) is 7.79. The van der Waals surface area contributed by atoms with Crippen molar-refractivity contribution in [1.82, 2.24) is 24.1 Å². The number of carbonyl (C=O) groups is 1. The second-order valence-corrected chi connectivity index (χ2v) is 9.72. The third kappa shape index (κ3) is 3.53. The smallest absolute Gasteiger partial charge is 0.243 e. The number of nitrogens with zero attached hydrogens (tertiary/aromatic N) is 7. The molecule has 162 valence electrons. The number of aryl methyl sites for hydroxylation is 1. The Hall–Kier alpha value is -3.05. The van der Waals surface area contributed by atoms with Crippen LogP contribution >= 0.6 is 0 Å². The maximum Gasteiger partial charge on any atom is 0.243 e. The number of carbonyl (C=O) groups excluding carboxylic acids is 1. The Morgan fingerprint density at radius 3 is 2.61 bits per heavy atom. The first-order chi connectivity index (χ1) is 14.9. The number of amides is 1. The lowest BCUT2D eigenvalue weighted by atomic mass is 10.0. The van der Waals surface area contributed by atoms with Gasteiger partial charge in [-0.1, -0.05) is 0 Å². The number of hydrogen-bond acceptors (Lipinski definition) is 7. The Balaban J connectivity index is 1.33. The Bertz CT molecular complexity index is 1250. The highest BCUT2D eigenvalue weighted by molar-refractivity contribution is 7.89. The molecule has 1 amide bonds. The standard InChI is InChI=1S/C20H23N7O3S/c1-15(28)26-8-2-3-16-13-17(4-5-18(16)26)31(29,30)25-11-9-24(10-12-25)20-7-6-19-22-21-14-27(19)23-20/h4-7,13-14H,2-3,8-12H2,1H3. The van der Waals surface area contributed by atoms with Gasteiger partial charge in [0.1, 0.15) is 12.1 Å². The molecule has 0 bridgehead atoms. The van der Waals surface area contributed by atoms with Crippen molar-refractivity contribution < 1.29 is 13.2 Å². The van der Waals surface area contributed by atoms with Gasteiger partial charge in [-0.3, -0.25) is 4.79 Å². The van der Waals surface area contributed by atoms with Crippen molar-refractivity contribution in [3.8, 4) is 0 Å². The zero-order valence-corrected chi connectivity index (χ0v) is 18.0. The summed E-state index contributed by atoms with van der Waals surface area (Å²) in [5, 5.41) is 12.3. The first-order valence-corrected chi connectivity index (χ1v) is 11.7. The molecule has 0 radical (unpaired) electrons. The van der Waals surface area contributed by atoms with E-state index in [2.05, 4.69) is 20.2 Å². The predicted molar refractivity (Wildman–Crippen MR) is 115 cm³/mol. The van der Waals surface area contributed by atoms with Gasteiger partial charge in [0.25, 0.3) is 0 Å². The minimum Gasteiger partial charge on any atom is -0.353 e. The highest BCUT2D eigenvalue weighted by Gasteiger charge is 2.30. The zero-order valence-electron chi connectivity index (χ0n) is 17.2. The van der Waals surface area contributed by atoms with Gasteiger partial charge in [0.05, 0.1) is 4.90 Å². The van der Waals surface area contributed by atoms with E-state index in [1.54, 1.807) is 33.9 Å². The van der Waals surface area contributed by atoms with E-state index in [0.717, 1.165) is 29.9 Å². The zero-order chi connectivity index (χ0) is 21.6. The van der Waals surface area contributed by atoms with E-state index >= 15 is 0 Å². The van der Waals surface area contributed by atoms with Gasteiger partial charge in [-0.15, -0.1) is 15.3 Å². The second kappa shape index (κ2) is 7.57. The minimum absolute atomic E-state index is 0.0223. The highest BCUT2D eigenvalue weighted by atomic mass is 32.2. The summed E-state index contributed by atoms with van der Waals surface area (Å²) in [5.74, 6) is 0.744. The van der Waals surface area contributed by atoms with Gasteiger partial charge in [-0.05, 0) is 48.7 Å². The third-order valence-electron chi connectivity index (χ3n) is 5.90. The summed E-state index contributed by atoms with van der Waals surface area (Å²) >= 11 is 0. The summed E-state index contributed by atoms with van der Waals surface area (Å²) in [4.78, 5) is 15.9. The van der Waals surface area contributed by atoms with Gasteiger partial charge in [-0.2, -0.15) is 8.82 Å². The van der Waals surface area contributed by atoms with Gasteiger partial charge in [0.15, 0.2) is 5.65 Å². The maximum absolute atomic E-state index is 13.3. The van der Waals surface area contributed by atoms with Crippen LogP contribution in [-0.2, 0) is 21.2 Å². The molecule has 10 nitrogen and oxygen atoms in total. The van der Waals surface area contributed by atoms with Gasteiger partial charge in [0, 0.05) is 45.3 Å². The molecule has 31 heavy (non-hydrogen) atoms. The number of piperazine rings is 1. The SMILES string of the molecule is CC(=O)N1CCCc2cc(S(=O)(=O)N3CCN(c4ccc5nncn5n4)CC3)ccc21. The van der Waals surface area contributed by atoms with E-state index in [1.807, 2.05) is 12.1 Å². The molecule has 2 aliphatic rings. The Labute approximate surface area is 180 Å².